The number of rotatable bonds is 4. The Morgan fingerprint density at radius 3 is 2.38 bits per heavy atom. The Labute approximate surface area is 137 Å². The first-order valence-corrected chi connectivity index (χ1v) is 7.19. The lowest BCUT2D eigenvalue weighted by Gasteiger charge is -2.16. The molecule has 0 radical (unpaired) electrons. The van der Waals surface area contributed by atoms with E-state index >= 15 is 0 Å². The fourth-order valence-electron chi connectivity index (χ4n) is 2.74. The molecule has 2 aromatic carbocycles. The van der Waals surface area contributed by atoms with E-state index < -0.39 is 24.0 Å². The Hall–Kier alpha value is -3.28. The fourth-order valence-corrected chi connectivity index (χ4v) is 2.74. The lowest BCUT2D eigenvalue weighted by atomic mass is 9.90. The Morgan fingerprint density at radius 1 is 1.04 bits per heavy atom. The molecular formula is C18H14O6. The Balaban J connectivity index is 1.99. The molecule has 3 N–H and O–H groups in total. The summed E-state index contributed by atoms with van der Waals surface area (Å²) in [6.07, 6.45) is 1.68. The molecule has 2 atom stereocenters. The van der Waals surface area contributed by atoms with Gasteiger partial charge < -0.3 is 20.1 Å². The van der Waals surface area contributed by atoms with Crippen molar-refractivity contribution < 1.29 is 29.6 Å². The van der Waals surface area contributed by atoms with Gasteiger partial charge in [0.1, 0.15) is 23.5 Å². The van der Waals surface area contributed by atoms with Crippen LogP contribution >= 0.6 is 0 Å². The van der Waals surface area contributed by atoms with Crippen molar-refractivity contribution in [2.45, 2.75) is 12.0 Å². The number of fused-ring (bicyclic) bond motifs is 1. The van der Waals surface area contributed by atoms with Crippen LogP contribution in [-0.2, 0) is 9.59 Å². The SMILES string of the molecule is O=C(O)/C=C/c1ccc2c(c1)C(C(=O)O)C(c1ccc(O)cc1)O2. The largest absolute Gasteiger partial charge is 0.508 e. The van der Waals surface area contributed by atoms with Crippen molar-refractivity contribution >= 4 is 18.0 Å². The molecule has 3 rings (SSSR count). The van der Waals surface area contributed by atoms with Gasteiger partial charge in [0, 0.05) is 11.6 Å². The van der Waals surface area contributed by atoms with Crippen molar-refractivity contribution in [2.24, 2.45) is 0 Å². The molecule has 0 bridgehead atoms. The van der Waals surface area contributed by atoms with E-state index in [0.29, 0.717) is 22.4 Å². The zero-order valence-electron chi connectivity index (χ0n) is 12.4. The van der Waals surface area contributed by atoms with Crippen LogP contribution in [0.3, 0.4) is 0 Å². The number of ether oxygens (including phenoxy) is 1. The van der Waals surface area contributed by atoms with Crippen LogP contribution in [0.5, 0.6) is 11.5 Å². The molecule has 0 spiro atoms. The summed E-state index contributed by atoms with van der Waals surface area (Å²) >= 11 is 0. The number of aromatic hydroxyl groups is 1. The first-order valence-electron chi connectivity index (χ1n) is 7.19. The number of phenolic OH excluding ortho intramolecular Hbond substituents is 1. The second-order valence-corrected chi connectivity index (χ2v) is 5.41. The van der Waals surface area contributed by atoms with Crippen molar-refractivity contribution in [1.82, 2.24) is 0 Å². The second-order valence-electron chi connectivity index (χ2n) is 5.41. The number of carbonyl (C=O) groups is 2. The molecular weight excluding hydrogens is 312 g/mol. The topological polar surface area (TPSA) is 104 Å². The molecule has 0 fully saturated rings. The maximum atomic E-state index is 11.8. The Morgan fingerprint density at radius 2 is 1.75 bits per heavy atom. The normalized spacial score (nSPS) is 19.0. The highest BCUT2D eigenvalue weighted by Crippen LogP contribution is 2.46. The van der Waals surface area contributed by atoms with E-state index in [9.17, 15) is 19.8 Å². The van der Waals surface area contributed by atoms with Crippen LogP contribution in [0.4, 0.5) is 0 Å². The van der Waals surface area contributed by atoms with E-state index in [1.807, 2.05) is 0 Å². The molecule has 1 heterocycles. The quantitative estimate of drug-likeness (QED) is 0.746. The van der Waals surface area contributed by atoms with E-state index in [0.717, 1.165) is 6.08 Å². The maximum Gasteiger partial charge on any atom is 0.328 e. The smallest absolute Gasteiger partial charge is 0.328 e. The van der Waals surface area contributed by atoms with Gasteiger partial charge in [-0.2, -0.15) is 0 Å². The first kappa shape index (κ1) is 15.6. The van der Waals surface area contributed by atoms with E-state index in [2.05, 4.69) is 0 Å². The fraction of sp³-hybridized carbons (Fsp3) is 0.111. The lowest BCUT2D eigenvalue weighted by Crippen LogP contribution is -2.18. The zero-order chi connectivity index (χ0) is 17.3. The summed E-state index contributed by atoms with van der Waals surface area (Å²) < 4.78 is 5.78. The highest BCUT2D eigenvalue weighted by molar-refractivity contribution is 5.86. The molecule has 6 nitrogen and oxygen atoms in total. The standard InChI is InChI=1S/C18H14O6/c19-12-5-3-11(4-6-12)17-16(18(22)23)13-9-10(2-8-15(20)21)1-7-14(13)24-17/h1-9,16-17,19H,(H,20,21)(H,22,23)/b8-2+. The highest BCUT2D eigenvalue weighted by Gasteiger charge is 2.40. The van der Waals surface area contributed by atoms with E-state index in [1.165, 1.54) is 18.2 Å². The summed E-state index contributed by atoms with van der Waals surface area (Å²) in [4.78, 5) is 22.4. The van der Waals surface area contributed by atoms with Crippen molar-refractivity contribution in [3.05, 3.63) is 65.2 Å². The third-order valence-corrected chi connectivity index (χ3v) is 3.83. The number of hydrogen-bond donors (Lipinski definition) is 3. The molecule has 6 heteroatoms. The van der Waals surface area contributed by atoms with E-state index in [4.69, 9.17) is 9.84 Å². The van der Waals surface area contributed by atoms with Crippen molar-refractivity contribution in [1.29, 1.82) is 0 Å². The summed E-state index contributed by atoms with van der Waals surface area (Å²) in [6.45, 7) is 0. The number of hydrogen-bond acceptors (Lipinski definition) is 4. The van der Waals surface area contributed by atoms with Crippen LogP contribution in [0.15, 0.2) is 48.5 Å². The molecule has 0 aromatic heterocycles. The molecule has 0 amide bonds. The summed E-state index contributed by atoms with van der Waals surface area (Å²) in [6, 6.07) is 11.1. The monoisotopic (exact) mass is 326 g/mol. The minimum absolute atomic E-state index is 0.0854. The van der Waals surface area contributed by atoms with Gasteiger partial charge in [-0.15, -0.1) is 0 Å². The molecule has 0 saturated heterocycles. The van der Waals surface area contributed by atoms with Crippen LogP contribution < -0.4 is 4.74 Å². The molecule has 1 aliphatic rings. The van der Waals surface area contributed by atoms with Gasteiger partial charge in [0.15, 0.2) is 0 Å². The van der Waals surface area contributed by atoms with E-state index in [1.54, 1.807) is 30.3 Å². The van der Waals surface area contributed by atoms with Gasteiger partial charge in [-0.05, 0) is 41.5 Å². The number of benzene rings is 2. The molecule has 2 unspecified atom stereocenters. The van der Waals surface area contributed by atoms with E-state index in [-0.39, 0.29) is 5.75 Å². The summed E-state index contributed by atoms with van der Waals surface area (Å²) in [5.74, 6) is -2.49. The predicted octanol–water partition coefficient (Wildman–Crippen LogP) is 2.79. The molecule has 24 heavy (non-hydrogen) atoms. The molecule has 0 aliphatic carbocycles. The second kappa shape index (κ2) is 6.08. The predicted molar refractivity (Wildman–Crippen MR) is 85.0 cm³/mol. The van der Waals surface area contributed by atoms with Crippen molar-refractivity contribution in [3.63, 3.8) is 0 Å². The van der Waals surface area contributed by atoms with Crippen LogP contribution in [0.1, 0.15) is 28.7 Å². The number of carboxylic acid groups (broad SMARTS) is 2. The summed E-state index contributed by atoms with van der Waals surface area (Å²) in [5.41, 5.74) is 1.71. The van der Waals surface area contributed by atoms with Crippen molar-refractivity contribution in [2.75, 3.05) is 0 Å². The lowest BCUT2D eigenvalue weighted by molar-refractivity contribution is -0.140. The minimum atomic E-state index is -1.08. The third kappa shape index (κ3) is 2.94. The van der Waals surface area contributed by atoms with Crippen LogP contribution in [0.25, 0.3) is 6.08 Å². The molecule has 0 saturated carbocycles. The van der Waals surface area contributed by atoms with Gasteiger partial charge in [-0.3, -0.25) is 4.79 Å². The first-order chi connectivity index (χ1) is 11.5. The highest BCUT2D eigenvalue weighted by atomic mass is 16.5. The van der Waals surface area contributed by atoms with Gasteiger partial charge >= 0.3 is 11.9 Å². The third-order valence-electron chi connectivity index (χ3n) is 3.83. The minimum Gasteiger partial charge on any atom is -0.508 e. The van der Waals surface area contributed by atoms with Crippen LogP contribution in [0.2, 0.25) is 0 Å². The molecule has 1 aliphatic heterocycles. The maximum absolute atomic E-state index is 11.8. The Kier molecular flexibility index (Phi) is 3.95. The van der Waals surface area contributed by atoms with Gasteiger partial charge in [0.05, 0.1) is 0 Å². The number of phenols is 1. The average molecular weight is 326 g/mol. The van der Waals surface area contributed by atoms with Crippen LogP contribution in [-0.4, -0.2) is 27.3 Å². The number of aliphatic carboxylic acids is 2. The van der Waals surface area contributed by atoms with Gasteiger partial charge in [0.2, 0.25) is 0 Å². The zero-order valence-corrected chi connectivity index (χ0v) is 12.4. The van der Waals surface area contributed by atoms with Gasteiger partial charge in [-0.1, -0.05) is 18.2 Å². The summed E-state index contributed by atoms with van der Waals surface area (Å²) in [7, 11) is 0. The summed E-state index contributed by atoms with van der Waals surface area (Å²) in [5, 5.41) is 27.7. The average Bonchev–Trinajstić information content (AvgIpc) is 2.92. The molecule has 2 aromatic rings. The van der Waals surface area contributed by atoms with Gasteiger partial charge in [0.25, 0.3) is 0 Å². The van der Waals surface area contributed by atoms with Crippen molar-refractivity contribution in [3.8, 4) is 11.5 Å². The molecule has 122 valence electrons. The van der Waals surface area contributed by atoms with Gasteiger partial charge in [-0.25, -0.2) is 4.79 Å². The number of carboxylic acids is 2. The van der Waals surface area contributed by atoms with Crippen LogP contribution in [0, 0.1) is 0 Å². The Bertz CT molecular complexity index is 822.